The number of hydrogen-bond acceptors (Lipinski definition) is 2. The van der Waals surface area contributed by atoms with Crippen molar-refractivity contribution in [2.24, 2.45) is 0 Å². The molecular weight excluding hydrogens is 140 g/mol. The van der Waals surface area contributed by atoms with Gasteiger partial charge in [0.05, 0.1) is 17.1 Å². The minimum Gasteiger partial charge on any atom is -0.342 e. The van der Waals surface area contributed by atoms with Crippen LogP contribution < -0.4 is 10.7 Å². The minimum absolute atomic E-state index is 0.0822. The average Bonchev–Trinajstić information content (AvgIpc) is 2.10. The second kappa shape index (κ2) is 2.70. The zero-order valence-electron chi connectivity index (χ0n) is 6.48. The standard InChI is InChI=1S/C8H10N2O/c1-5(11)4-8-9-6(2)7(3)10-8/h2-4H2,1H3,(H,9,10). The highest BCUT2D eigenvalue weighted by Gasteiger charge is 1.99. The molecule has 0 unspecified atom stereocenters. The van der Waals surface area contributed by atoms with E-state index in [0.717, 1.165) is 0 Å². The zero-order chi connectivity index (χ0) is 8.43. The number of imidazole rings is 1. The summed E-state index contributed by atoms with van der Waals surface area (Å²) < 4.78 is 0. The molecule has 0 aliphatic heterocycles. The fourth-order valence-electron chi connectivity index (χ4n) is 0.824. The normalized spacial score (nSPS) is 9.91. The van der Waals surface area contributed by atoms with Crippen LogP contribution in [0.5, 0.6) is 0 Å². The van der Waals surface area contributed by atoms with Crippen molar-refractivity contribution in [1.82, 2.24) is 9.97 Å². The van der Waals surface area contributed by atoms with Gasteiger partial charge in [-0.15, -0.1) is 0 Å². The van der Waals surface area contributed by atoms with Crippen LogP contribution in [0.2, 0.25) is 0 Å². The summed E-state index contributed by atoms with van der Waals surface area (Å²) in [5, 5.41) is 1.29. The number of ketones is 1. The van der Waals surface area contributed by atoms with Gasteiger partial charge in [0.2, 0.25) is 0 Å². The molecule has 1 aromatic rings. The first-order chi connectivity index (χ1) is 5.09. The summed E-state index contributed by atoms with van der Waals surface area (Å²) in [7, 11) is 0. The van der Waals surface area contributed by atoms with Crippen LogP contribution in [0.25, 0.3) is 13.2 Å². The Hall–Kier alpha value is -1.38. The fraction of sp³-hybridized carbons (Fsp3) is 0.250. The number of Topliss-reactive ketones (excluding diaryl/α,β-unsaturated/α-hetero) is 1. The van der Waals surface area contributed by atoms with Crippen LogP contribution in [0.1, 0.15) is 12.7 Å². The highest BCUT2D eigenvalue weighted by atomic mass is 16.1. The van der Waals surface area contributed by atoms with E-state index in [9.17, 15) is 4.79 Å². The number of carbonyl (C=O) groups excluding carboxylic acids is 1. The Balaban J connectivity index is 2.99. The molecule has 58 valence electrons. The van der Waals surface area contributed by atoms with Gasteiger partial charge < -0.3 is 4.98 Å². The minimum atomic E-state index is 0.0822. The molecule has 11 heavy (non-hydrogen) atoms. The first-order valence-electron chi connectivity index (χ1n) is 3.32. The smallest absolute Gasteiger partial charge is 0.137 e. The van der Waals surface area contributed by atoms with E-state index in [1.165, 1.54) is 6.92 Å². The molecule has 3 nitrogen and oxygen atoms in total. The average molecular weight is 150 g/mol. The summed E-state index contributed by atoms with van der Waals surface area (Å²) in [4.78, 5) is 17.5. The van der Waals surface area contributed by atoms with Gasteiger partial charge in [0, 0.05) is 0 Å². The SMILES string of the molecule is C=c1nc(CC(C)=O)[nH]c1=C. The summed E-state index contributed by atoms with van der Waals surface area (Å²) >= 11 is 0. The molecule has 0 amide bonds. The quantitative estimate of drug-likeness (QED) is 0.609. The molecule has 1 rings (SSSR count). The highest BCUT2D eigenvalue weighted by Crippen LogP contribution is 1.84. The molecule has 1 aromatic heterocycles. The second-order valence-electron chi connectivity index (χ2n) is 2.49. The Kier molecular flexibility index (Phi) is 1.89. The zero-order valence-corrected chi connectivity index (χ0v) is 6.48. The summed E-state index contributed by atoms with van der Waals surface area (Å²) in [6.07, 6.45) is 0.331. The third-order valence-electron chi connectivity index (χ3n) is 1.33. The molecule has 3 heteroatoms. The highest BCUT2D eigenvalue weighted by molar-refractivity contribution is 5.77. The Labute approximate surface area is 64.5 Å². The molecule has 1 heterocycles. The van der Waals surface area contributed by atoms with Crippen molar-refractivity contribution in [2.45, 2.75) is 13.3 Å². The Bertz CT molecular complexity index is 336. The van der Waals surface area contributed by atoms with Crippen LogP contribution in [0.4, 0.5) is 0 Å². The lowest BCUT2D eigenvalue weighted by molar-refractivity contribution is -0.116. The van der Waals surface area contributed by atoms with Crippen LogP contribution >= 0.6 is 0 Å². The lowest BCUT2D eigenvalue weighted by Crippen LogP contribution is -2.19. The van der Waals surface area contributed by atoms with Gasteiger partial charge in [-0.1, -0.05) is 13.2 Å². The van der Waals surface area contributed by atoms with Crippen LogP contribution in [0.3, 0.4) is 0 Å². The van der Waals surface area contributed by atoms with Gasteiger partial charge in [-0.25, -0.2) is 4.98 Å². The molecule has 0 atom stereocenters. The van der Waals surface area contributed by atoms with E-state index in [1.54, 1.807) is 0 Å². The maximum Gasteiger partial charge on any atom is 0.137 e. The Morgan fingerprint density at radius 2 is 2.27 bits per heavy atom. The Morgan fingerprint density at radius 1 is 1.64 bits per heavy atom. The molecule has 0 bridgehead atoms. The predicted octanol–water partition coefficient (Wildman–Crippen LogP) is -0.638. The Morgan fingerprint density at radius 3 is 2.64 bits per heavy atom. The summed E-state index contributed by atoms with van der Waals surface area (Å²) in [6, 6.07) is 0. The molecular formula is C8H10N2O. The van der Waals surface area contributed by atoms with Crippen LogP contribution in [-0.2, 0) is 11.2 Å². The molecule has 0 aromatic carbocycles. The van der Waals surface area contributed by atoms with E-state index in [2.05, 4.69) is 23.1 Å². The van der Waals surface area contributed by atoms with Crippen LogP contribution in [0.15, 0.2) is 0 Å². The van der Waals surface area contributed by atoms with Crippen molar-refractivity contribution >= 4 is 18.9 Å². The summed E-state index contributed by atoms with van der Waals surface area (Å²) in [6.45, 7) is 8.81. The van der Waals surface area contributed by atoms with Gasteiger partial charge in [0.15, 0.2) is 0 Å². The number of H-pyrrole nitrogens is 1. The maximum atomic E-state index is 10.6. The van der Waals surface area contributed by atoms with Crippen molar-refractivity contribution < 1.29 is 4.79 Å². The van der Waals surface area contributed by atoms with Crippen LogP contribution in [0, 0.1) is 0 Å². The molecule has 0 aliphatic carbocycles. The number of aromatic amines is 1. The third kappa shape index (κ3) is 1.77. The summed E-state index contributed by atoms with van der Waals surface area (Å²) in [5.74, 6) is 0.728. The van der Waals surface area contributed by atoms with Gasteiger partial charge >= 0.3 is 0 Å². The van der Waals surface area contributed by atoms with Crippen molar-refractivity contribution in [1.29, 1.82) is 0 Å². The summed E-state index contributed by atoms with van der Waals surface area (Å²) in [5.41, 5.74) is 0. The molecule has 0 spiro atoms. The van der Waals surface area contributed by atoms with Crippen LogP contribution in [-0.4, -0.2) is 15.8 Å². The molecule has 0 radical (unpaired) electrons. The molecule has 0 fully saturated rings. The van der Waals surface area contributed by atoms with E-state index in [1.807, 2.05) is 0 Å². The lowest BCUT2D eigenvalue weighted by Gasteiger charge is -1.86. The van der Waals surface area contributed by atoms with Gasteiger partial charge in [0.25, 0.3) is 0 Å². The first kappa shape index (κ1) is 7.72. The maximum absolute atomic E-state index is 10.6. The van der Waals surface area contributed by atoms with E-state index < -0.39 is 0 Å². The van der Waals surface area contributed by atoms with Crippen molar-refractivity contribution in [3.8, 4) is 0 Å². The number of carbonyl (C=O) groups is 1. The topological polar surface area (TPSA) is 45.8 Å². The van der Waals surface area contributed by atoms with E-state index in [0.29, 0.717) is 22.9 Å². The second-order valence-corrected chi connectivity index (χ2v) is 2.49. The largest absolute Gasteiger partial charge is 0.342 e. The number of aromatic nitrogens is 2. The number of nitrogens with zero attached hydrogens (tertiary/aromatic N) is 1. The first-order valence-corrected chi connectivity index (χ1v) is 3.32. The lowest BCUT2D eigenvalue weighted by atomic mass is 10.3. The number of rotatable bonds is 2. The predicted molar refractivity (Wildman–Crippen MR) is 43.3 cm³/mol. The number of nitrogens with one attached hydrogen (secondary N) is 1. The van der Waals surface area contributed by atoms with Crippen molar-refractivity contribution in [3.05, 3.63) is 16.5 Å². The molecule has 0 saturated heterocycles. The fourth-order valence-corrected chi connectivity index (χ4v) is 0.824. The van der Waals surface area contributed by atoms with E-state index >= 15 is 0 Å². The van der Waals surface area contributed by atoms with E-state index in [4.69, 9.17) is 0 Å². The van der Waals surface area contributed by atoms with Gasteiger partial charge in [-0.2, -0.15) is 0 Å². The van der Waals surface area contributed by atoms with E-state index in [-0.39, 0.29) is 5.78 Å². The molecule has 0 saturated carbocycles. The van der Waals surface area contributed by atoms with Crippen molar-refractivity contribution in [3.63, 3.8) is 0 Å². The van der Waals surface area contributed by atoms with Gasteiger partial charge in [-0.05, 0) is 6.92 Å². The van der Waals surface area contributed by atoms with Crippen molar-refractivity contribution in [2.75, 3.05) is 0 Å². The molecule has 0 aliphatic rings. The monoisotopic (exact) mass is 150 g/mol. The van der Waals surface area contributed by atoms with Gasteiger partial charge in [-0.3, -0.25) is 4.79 Å². The third-order valence-corrected chi connectivity index (χ3v) is 1.33. The molecule has 1 N–H and O–H groups in total. The number of hydrogen-bond donors (Lipinski definition) is 1. The van der Waals surface area contributed by atoms with Gasteiger partial charge in [0.1, 0.15) is 11.6 Å².